The zero-order valence-electron chi connectivity index (χ0n) is 6.33. The quantitative estimate of drug-likeness (QED) is 0.355. The minimum absolute atomic E-state index is 0.882. The number of nitrogens with one attached hydrogen (secondary N) is 1. The maximum absolute atomic E-state index is 3.83. The third-order valence-electron chi connectivity index (χ3n) is 1.08. The van der Waals surface area contributed by atoms with E-state index in [1.54, 1.807) is 0 Å². The summed E-state index contributed by atoms with van der Waals surface area (Å²) in [5.41, 5.74) is 1.29. The predicted octanol–water partition coefficient (Wildman–Crippen LogP) is 2.16. The van der Waals surface area contributed by atoms with Crippen LogP contribution in [0.15, 0.2) is 12.2 Å². The summed E-state index contributed by atoms with van der Waals surface area (Å²) in [5.74, 6) is 0. The molecule has 54 valence electrons. The van der Waals surface area contributed by atoms with Gasteiger partial charge in [-0.05, 0) is 33.0 Å². The van der Waals surface area contributed by atoms with Gasteiger partial charge in [-0.25, -0.2) is 0 Å². The average molecular weight is 145 g/mol. The molecule has 0 saturated carbocycles. The highest BCUT2D eigenvalue weighted by molar-refractivity contribution is 7.34. The van der Waals surface area contributed by atoms with Gasteiger partial charge >= 0.3 is 0 Å². The van der Waals surface area contributed by atoms with Crippen molar-refractivity contribution in [2.24, 2.45) is 0 Å². The Kier molecular flexibility index (Phi) is 6.34. The number of rotatable bonds is 5. The molecule has 0 amide bonds. The standard InChI is InChI=1S/C7H16NP/c1-7(2)5-4-6-8-9-3/h8-9H,1,4-6H2,2-3H3. The molecule has 0 bridgehead atoms. The molecule has 0 aromatic rings. The molecule has 2 heteroatoms. The van der Waals surface area contributed by atoms with E-state index in [-0.39, 0.29) is 0 Å². The molecule has 0 aliphatic heterocycles. The molecule has 0 aliphatic carbocycles. The van der Waals surface area contributed by atoms with Gasteiger partial charge in [-0.15, -0.1) is 6.58 Å². The summed E-state index contributed by atoms with van der Waals surface area (Å²) in [5, 5.41) is 3.29. The Morgan fingerprint density at radius 2 is 2.33 bits per heavy atom. The van der Waals surface area contributed by atoms with E-state index in [0.717, 1.165) is 21.7 Å². The number of hydrogen-bond acceptors (Lipinski definition) is 1. The molecule has 0 spiro atoms. The molecule has 0 fully saturated rings. The largest absolute Gasteiger partial charge is 0.298 e. The van der Waals surface area contributed by atoms with Crippen LogP contribution in [-0.2, 0) is 0 Å². The van der Waals surface area contributed by atoms with Crippen LogP contribution in [0.25, 0.3) is 0 Å². The van der Waals surface area contributed by atoms with Crippen molar-refractivity contribution in [1.82, 2.24) is 5.09 Å². The van der Waals surface area contributed by atoms with Crippen LogP contribution in [0.1, 0.15) is 19.8 Å². The Labute approximate surface area is 59.8 Å². The van der Waals surface area contributed by atoms with Crippen LogP contribution in [0.3, 0.4) is 0 Å². The molecule has 0 aromatic carbocycles. The molecule has 0 saturated heterocycles. The average Bonchev–Trinajstić information content (AvgIpc) is 1.80. The first-order valence-corrected chi connectivity index (χ1v) is 4.81. The molecule has 0 aromatic heterocycles. The lowest BCUT2D eigenvalue weighted by atomic mass is 10.2. The molecular weight excluding hydrogens is 129 g/mol. The lowest BCUT2D eigenvalue weighted by Crippen LogP contribution is -2.02. The van der Waals surface area contributed by atoms with Gasteiger partial charge in [0.1, 0.15) is 0 Å². The summed E-state index contributed by atoms with van der Waals surface area (Å²) in [6, 6.07) is 0. The van der Waals surface area contributed by atoms with E-state index in [0.29, 0.717) is 0 Å². The topological polar surface area (TPSA) is 12.0 Å². The summed E-state index contributed by atoms with van der Waals surface area (Å²) in [7, 11) is 0.882. The van der Waals surface area contributed by atoms with Gasteiger partial charge in [0.15, 0.2) is 0 Å². The van der Waals surface area contributed by atoms with Gasteiger partial charge in [-0.2, -0.15) is 0 Å². The van der Waals surface area contributed by atoms with Gasteiger partial charge in [-0.1, -0.05) is 14.3 Å². The summed E-state index contributed by atoms with van der Waals surface area (Å²) >= 11 is 0. The van der Waals surface area contributed by atoms with Crippen LogP contribution in [0, 0.1) is 0 Å². The van der Waals surface area contributed by atoms with Crippen LogP contribution in [0.2, 0.25) is 0 Å². The third-order valence-corrected chi connectivity index (χ3v) is 1.69. The fourth-order valence-electron chi connectivity index (χ4n) is 0.604. The van der Waals surface area contributed by atoms with Crippen LogP contribution < -0.4 is 5.09 Å². The van der Waals surface area contributed by atoms with Crippen molar-refractivity contribution in [1.29, 1.82) is 0 Å². The van der Waals surface area contributed by atoms with Crippen molar-refractivity contribution in [3.8, 4) is 0 Å². The second kappa shape index (κ2) is 6.25. The van der Waals surface area contributed by atoms with Crippen molar-refractivity contribution in [3.63, 3.8) is 0 Å². The first-order valence-electron chi connectivity index (χ1n) is 3.31. The smallest absolute Gasteiger partial charge is 0.000921 e. The Morgan fingerprint density at radius 1 is 1.67 bits per heavy atom. The second-order valence-corrected chi connectivity index (χ2v) is 3.09. The van der Waals surface area contributed by atoms with Gasteiger partial charge in [0.25, 0.3) is 0 Å². The molecule has 0 aliphatic rings. The minimum atomic E-state index is 0.882. The SMILES string of the molecule is C=C(C)CCCNPC. The normalized spacial score (nSPS) is 10.9. The molecule has 0 radical (unpaired) electrons. The Hall–Kier alpha value is 0.130. The van der Waals surface area contributed by atoms with Crippen molar-refractivity contribution < 1.29 is 0 Å². The highest BCUT2D eigenvalue weighted by atomic mass is 31.1. The molecule has 1 nitrogen and oxygen atoms in total. The molecule has 0 rings (SSSR count). The van der Waals surface area contributed by atoms with Crippen molar-refractivity contribution in [3.05, 3.63) is 12.2 Å². The van der Waals surface area contributed by atoms with E-state index in [1.807, 2.05) is 0 Å². The zero-order chi connectivity index (χ0) is 7.11. The van der Waals surface area contributed by atoms with Gasteiger partial charge in [0.2, 0.25) is 0 Å². The summed E-state index contributed by atoms with van der Waals surface area (Å²) in [6.45, 7) is 9.20. The van der Waals surface area contributed by atoms with Gasteiger partial charge in [-0.3, -0.25) is 5.09 Å². The van der Waals surface area contributed by atoms with E-state index >= 15 is 0 Å². The summed E-state index contributed by atoms with van der Waals surface area (Å²) in [6.07, 6.45) is 2.40. The Bertz CT molecular complexity index is 81.0. The number of allylic oxidation sites excluding steroid dienone is 1. The Balaban J connectivity index is 2.83. The van der Waals surface area contributed by atoms with Crippen molar-refractivity contribution >= 4 is 8.73 Å². The minimum Gasteiger partial charge on any atom is -0.298 e. The molecule has 1 atom stereocenters. The fraction of sp³-hybridized carbons (Fsp3) is 0.714. The molecule has 0 heterocycles. The van der Waals surface area contributed by atoms with Crippen molar-refractivity contribution in [2.75, 3.05) is 13.2 Å². The van der Waals surface area contributed by atoms with Gasteiger partial charge in [0.05, 0.1) is 0 Å². The van der Waals surface area contributed by atoms with E-state index < -0.39 is 0 Å². The van der Waals surface area contributed by atoms with Gasteiger partial charge < -0.3 is 0 Å². The maximum Gasteiger partial charge on any atom is -0.000921 e. The first kappa shape index (κ1) is 9.13. The monoisotopic (exact) mass is 145 g/mol. The van der Waals surface area contributed by atoms with E-state index in [4.69, 9.17) is 0 Å². The molecule has 1 unspecified atom stereocenters. The van der Waals surface area contributed by atoms with Gasteiger partial charge in [0, 0.05) is 0 Å². The Morgan fingerprint density at radius 3 is 2.78 bits per heavy atom. The van der Waals surface area contributed by atoms with Crippen LogP contribution >= 0.6 is 8.73 Å². The lowest BCUT2D eigenvalue weighted by molar-refractivity contribution is 0.790. The molecule has 9 heavy (non-hydrogen) atoms. The first-order chi connectivity index (χ1) is 4.27. The predicted molar refractivity (Wildman–Crippen MR) is 46.3 cm³/mol. The summed E-state index contributed by atoms with van der Waals surface area (Å²) < 4.78 is 0. The van der Waals surface area contributed by atoms with E-state index in [1.165, 1.54) is 12.0 Å². The summed E-state index contributed by atoms with van der Waals surface area (Å²) in [4.78, 5) is 0. The zero-order valence-corrected chi connectivity index (χ0v) is 7.33. The highest BCUT2D eigenvalue weighted by Crippen LogP contribution is 2.00. The van der Waals surface area contributed by atoms with E-state index in [9.17, 15) is 0 Å². The van der Waals surface area contributed by atoms with Crippen molar-refractivity contribution in [2.45, 2.75) is 19.8 Å². The highest BCUT2D eigenvalue weighted by Gasteiger charge is 1.85. The second-order valence-electron chi connectivity index (χ2n) is 2.24. The van der Waals surface area contributed by atoms with Crippen LogP contribution in [-0.4, -0.2) is 13.2 Å². The van der Waals surface area contributed by atoms with E-state index in [2.05, 4.69) is 25.3 Å². The lowest BCUT2D eigenvalue weighted by Gasteiger charge is -1.99. The van der Waals surface area contributed by atoms with Crippen LogP contribution in [0.5, 0.6) is 0 Å². The maximum atomic E-state index is 3.83. The third kappa shape index (κ3) is 8.13. The van der Waals surface area contributed by atoms with Crippen LogP contribution in [0.4, 0.5) is 0 Å². The fourth-order valence-corrected chi connectivity index (χ4v) is 1.03. The molecular formula is C7H16NP. The number of hydrogen-bond donors (Lipinski definition) is 1. The molecule has 1 N–H and O–H groups in total.